The molecule has 2 N–H and O–H groups in total. The molecule has 16 heavy (non-hydrogen) atoms. The van der Waals surface area contributed by atoms with Crippen LogP contribution in [-0.2, 0) is 16.6 Å². The highest BCUT2D eigenvalue weighted by Gasteiger charge is 2.23. The van der Waals surface area contributed by atoms with Crippen LogP contribution in [0.15, 0.2) is 24.3 Å². The number of nitrogens with one attached hydrogen (secondary N) is 2. The van der Waals surface area contributed by atoms with Crippen molar-refractivity contribution in [1.82, 2.24) is 5.32 Å². The fraction of sp³-hybridized carbons (Fsp3) is 0.333. The first-order valence-corrected chi connectivity index (χ1v) is 6.03. The second-order valence-corrected chi connectivity index (χ2v) is 4.79. The lowest BCUT2D eigenvalue weighted by atomic mass is 10.2. The van der Waals surface area contributed by atoms with Crippen molar-refractivity contribution in [2.75, 3.05) is 11.8 Å². The summed E-state index contributed by atoms with van der Waals surface area (Å²) in [6.45, 7) is 0.627. The highest BCUT2D eigenvalue weighted by Crippen LogP contribution is 2.14. The summed E-state index contributed by atoms with van der Waals surface area (Å²) in [5, 5.41) is 2.91. The van der Waals surface area contributed by atoms with Crippen LogP contribution in [0.5, 0.6) is 0 Å². The molecule has 0 fully saturated rings. The van der Waals surface area contributed by atoms with Gasteiger partial charge in [0.2, 0.25) is 0 Å². The highest BCUT2D eigenvalue weighted by molar-refractivity contribution is 7.93. The monoisotopic (exact) mass is 250 g/mol. The van der Waals surface area contributed by atoms with Crippen molar-refractivity contribution >= 4 is 15.7 Å². The topological polar surface area (TPSA) is 58.2 Å². The van der Waals surface area contributed by atoms with E-state index in [1.54, 1.807) is 23.9 Å². The second kappa shape index (κ2) is 5.22. The minimum Gasteiger partial charge on any atom is -0.316 e. The summed E-state index contributed by atoms with van der Waals surface area (Å²) in [6.07, 6.45) is 0. The summed E-state index contributed by atoms with van der Waals surface area (Å²) in [7, 11) is -2.80. The van der Waals surface area contributed by atoms with E-state index in [0.717, 1.165) is 5.56 Å². The van der Waals surface area contributed by atoms with E-state index in [1.807, 2.05) is 0 Å². The Labute approximate surface area is 92.7 Å². The molecule has 0 aliphatic rings. The number of anilines is 1. The van der Waals surface area contributed by atoms with Crippen LogP contribution in [0.25, 0.3) is 0 Å². The SMILES string of the molecule is CNCc1ccc(NS(=O)(=O)C(F)F)cc1. The molecule has 0 unspecified atom stereocenters. The zero-order valence-electron chi connectivity index (χ0n) is 8.57. The standard InChI is InChI=1S/C9H12F2N2O2S/c1-12-6-7-2-4-8(5-3-7)13-16(14,15)9(10)11/h2-5,9,12-13H,6H2,1H3. The molecule has 0 bridgehead atoms. The van der Waals surface area contributed by atoms with E-state index in [1.165, 1.54) is 12.1 Å². The average Bonchev–Trinajstić information content (AvgIpc) is 2.21. The number of hydrogen-bond acceptors (Lipinski definition) is 3. The third-order valence-corrected chi connectivity index (χ3v) is 2.82. The molecule has 0 atom stereocenters. The first kappa shape index (κ1) is 12.9. The molecule has 90 valence electrons. The molecular weight excluding hydrogens is 238 g/mol. The van der Waals surface area contributed by atoms with Gasteiger partial charge < -0.3 is 5.32 Å². The van der Waals surface area contributed by atoms with Crippen LogP contribution < -0.4 is 10.0 Å². The Morgan fingerprint density at radius 1 is 1.25 bits per heavy atom. The number of halogens is 2. The van der Waals surface area contributed by atoms with Crippen molar-refractivity contribution in [3.63, 3.8) is 0 Å². The van der Waals surface area contributed by atoms with Gasteiger partial charge in [-0.25, -0.2) is 8.42 Å². The Balaban J connectivity index is 2.76. The number of alkyl halides is 2. The lowest BCUT2D eigenvalue weighted by Crippen LogP contribution is -2.20. The van der Waals surface area contributed by atoms with Gasteiger partial charge in [-0.15, -0.1) is 0 Å². The molecule has 4 nitrogen and oxygen atoms in total. The lowest BCUT2D eigenvalue weighted by molar-refractivity contribution is 0.236. The van der Waals surface area contributed by atoms with E-state index in [0.29, 0.717) is 6.54 Å². The van der Waals surface area contributed by atoms with Gasteiger partial charge in [-0.1, -0.05) is 12.1 Å². The Kier molecular flexibility index (Phi) is 4.19. The van der Waals surface area contributed by atoms with Crippen LogP contribution >= 0.6 is 0 Å². The number of rotatable bonds is 5. The first-order chi connectivity index (χ1) is 7.45. The van der Waals surface area contributed by atoms with Crippen LogP contribution in [0.4, 0.5) is 14.5 Å². The van der Waals surface area contributed by atoms with Crippen molar-refractivity contribution in [2.24, 2.45) is 0 Å². The van der Waals surface area contributed by atoms with E-state index in [2.05, 4.69) is 5.32 Å². The largest absolute Gasteiger partial charge is 0.355 e. The predicted molar refractivity (Wildman–Crippen MR) is 57.8 cm³/mol. The van der Waals surface area contributed by atoms with E-state index >= 15 is 0 Å². The number of benzene rings is 1. The lowest BCUT2D eigenvalue weighted by Gasteiger charge is -2.07. The molecule has 1 aromatic rings. The van der Waals surface area contributed by atoms with Crippen molar-refractivity contribution in [2.45, 2.75) is 12.3 Å². The summed E-state index contributed by atoms with van der Waals surface area (Å²) >= 11 is 0. The third kappa shape index (κ3) is 3.42. The molecule has 1 rings (SSSR count). The van der Waals surface area contributed by atoms with Gasteiger partial charge in [0, 0.05) is 12.2 Å². The molecule has 0 aliphatic heterocycles. The summed E-state index contributed by atoms with van der Waals surface area (Å²) in [6, 6.07) is 6.18. The molecule has 0 saturated carbocycles. The smallest absolute Gasteiger partial charge is 0.316 e. The Morgan fingerprint density at radius 3 is 2.25 bits per heavy atom. The third-order valence-electron chi connectivity index (χ3n) is 1.83. The number of sulfonamides is 1. The maximum atomic E-state index is 12.0. The van der Waals surface area contributed by atoms with Crippen LogP contribution in [0.3, 0.4) is 0 Å². The molecular formula is C9H12F2N2O2S. The van der Waals surface area contributed by atoms with Gasteiger partial charge in [0.05, 0.1) is 0 Å². The van der Waals surface area contributed by atoms with Crippen molar-refractivity contribution in [3.05, 3.63) is 29.8 Å². The fourth-order valence-corrected chi connectivity index (χ4v) is 1.66. The summed E-state index contributed by atoms with van der Waals surface area (Å²) in [4.78, 5) is 0. The van der Waals surface area contributed by atoms with Gasteiger partial charge >= 0.3 is 5.76 Å². The Morgan fingerprint density at radius 2 is 1.81 bits per heavy atom. The zero-order chi connectivity index (χ0) is 12.2. The second-order valence-electron chi connectivity index (χ2n) is 3.13. The molecule has 0 amide bonds. The van der Waals surface area contributed by atoms with Gasteiger partial charge in [0.25, 0.3) is 10.0 Å². The van der Waals surface area contributed by atoms with E-state index in [9.17, 15) is 17.2 Å². The molecule has 0 saturated heterocycles. The average molecular weight is 250 g/mol. The normalized spacial score (nSPS) is 11.8. The van der Waals surface area contributed by atoms with Crippen molar-refractivity contribution in [1.29, 1.82) is 0 Å². The van der Waals surface area contributed by atoms with Crippen LogP contribution in [0, 0.1) is 0 Å². The molecule has 0 aliphatic carbocycles. The molecule has 7 heteroatoms. The number of hydrogen-bond donors (Lipinski definition) is 2. The zero-order valence-corrected chi connectivity index (χ0v) is 9.39. The molecule has 0 radical (unpaired) electrons. The Bertz CT molecular complexity index is 431. The molecule has 0 spiro atoms. The molecule has 0 aromatic heterocycles. The first-order valence-electron chi connectivity index (χ1n) is 4.49. The van der Waals surface area contributed by atoms with Gasteiger partial charge in [0.1, 0.15) is 0 Å². The molecule has 1 aromatic carbocycles. The van der Waals surface area contributed by atoms with Crippen LogP contribution in [0.1, 0.15) is 5.56 Å². The van der Waals surface area contributed by atoms with Crippen molar-refractivity contribution < 1.29 is 17.2 Å². The van der Waals surface area contributed by atoms with Crippen LogP contribution in [-0.4, -0.2) is 21.2 Å². The summed E-state index contributed by atoms with van der Waals surface area (Å²) in [5.41, 5.74) is 1.06. The van der Waals surface area contributed by atoms with E-state index in [4.69, 9.17) is 0 Å². The van der Waals surface area contributed by atoms with Gasteiger partial charge in [-0.3, -0.25) is 4.72 Å². The quantitative estimate of drug-likeness (QED) is 0.829. The minimum absolute atomic E-state index is 0.125. The summed E-state index contributed by atoms with van der Waals surface area (Å²) < 4.78 is 47.5. The Hall–Kier alpha value is -1.21. The van der Waals surface area contributed by atoms with E-state index in [-0.39, 0.29) is 5.69 Å². The maximum Gasteiger partial charge on any atom is 0.355 e. The van der Waals surface area contributed by atoms with E-state index < -0.39 is 15.8 Å². The van der Waals surface area contributed by atoms with Crippen molar-refractivity contribution in [3.8, 4) is 0 Å². The molecule has 0 heterocycles. The van der Waals surface area contributed by atoms with Gasteiger partial charge in [0.15, 0.2) is 0 Å². The van der Waals surface area contributed by atoms with Crippen LogP contribution in [0.2, 0.25) is 0 Å². The minimum atomic E-state index is -4.58. The maximum absolute atomic E-state index is 12.0. The van der Waals surface area contributed by atoms with Gasteiger partial charge in [-0.05, 0) is 24.7 Å². The predicted octanol–water partition coefficient (Wildman–Crippen LogP) is 1.37. The highest BCUT2D eigenvalue weighted by atomic mass is 32.2. The fourth-order valence-electron chi connectivity index (χ4n) is 1.10. The summed E-state index contributed by atoms with van der Waals surface area (Å²) in [5.74, 6) is -3.43. The van der Waals surface area contributed by atoms with Gasteiger partial charge in [-0.2, -0.15) is 8.78 Å².